The minimum atomic E-state index is 0.182. The molecule has 0 rings (SSSR count). The molecule has 0 bridgehead atoms. The monoisotopic (exact) mass is 231 g/mol. The zero-order chi connectivity index (χ0) is 13.0. The smallest absolute Gasteiger partial charge is 0.219 e. The maximum absolute atomic E-state index is 11.5. The molecule has 0 saturated heterocycles. The number of likely N-dealkylation sites (N-methyl/N-ethyl adjacent to an activating group) is 2. The highest BCUT2D eigenvalue weighted by Crippen LogP contribution is 1.98. The van der Waals surface area contributed by atoms with Gasteiger partial charge in [-0.05, 0) is 0 Å². The van der Waals surface area contributed by atoms with Gasteiger partial charge in [0.25, 0.3) is 0 Å². The van der Waals surface area contributed by atoms with Crippen molar-refractivity contribution in [3.8, 4) is 0 Å². The van der Waals surface area contributed by atoms with Gasteiger partial charge in [-0.3, -0.25) is 4.79 Å². The molecule has 16 heavy (non-hydrogen) atoms. The lowest BCUT2D eigenvalue weighted by Gasteiger charge is -2.31. The van der Waals surface area contributed by atoms with Crippen molar-refractivity contribution in [2.75, 3.05) is 68.5 Å². The van der Waals surface area contributed by atoms with Crippen LogP contribution in [0.2, 0.25) is 0 Å². The van der Waals surface area contributed by atoms with Gasteiger partial charge in [-0.2, -0.15) is 0 Å². The SMILES string of the molecule is CC(=O)N(CC[N+](C)(C)C)CC[N+](C)(C)C. The zero-order valence-electron chi connectivity index (χ0n) is 12.1. The van der Waals surface area contributed by atoms with Crippen LogP contribution >= 0.6 is 0 Å². The van der Waals surface area contributed by atoms with Crippen LogP contribution in [0.1, 0.15) is 6.92 Å². The number of carbonyl (C=O) groups is 1. The lowest BCUT2D eigenvalue weighted by atomic mass is 10.4. The number of nitrogens with zero attached hydrogens (tertiary/aromatic N) is 3. The Bertz CT molecular complexity index is 207. The van der Waals surface area contributed by atoms with Gasteiger partial charge in [-0.1, -0.05) is 0 Å². The molecular weight excluding hydrogens is 202 g/mol. The van der Waals surface area contributed by atoms with Crippen LogP contribution in [-0.2, 0) is 4.79 Å². The Kier molecular flexibility index (Phi) is 5.42. The Balaban J connectivity index is 4.15. The van der Waals surface area contributed by atoms with Gasteiger partial charge in [0.2, 0.25) is 5.91 Å². The normalized spacial score (nSPS) is 12.7. The fraction of sp³-hybridized carbons (Fsp3) is 0.917. The first-order chi connectivity index (χ1) is 7.01. The third kappa shape index (κ3) is 8.68. The van der Waals surface area contributed by atoms with E-state index in [1.165, 1.54) is 0 Å². The lowest BCUT2D eigenvalue weighted by molar-refractivity contribution is -0.872. The summed E-state index contributed by atoms with van der Waals surface area (Å²) in [6.07, 6.45) is 0. The van der Waals surface area contributed by atoms with Crippen molar-refractivity contribution in [2.24, 2.45) is 0 Å². The predicted molar refractivity (Wildman–Crippen MR) is 68.1 cm³/mol. The molecule has 0 radical (unpaired) electrons. The summed E-state index contributed by atoms with van der Waals surface area (Å²) in [5.74, 6) is 0.182. The Labute approximate surface area is 101 Å². The molecule has 0 heterocycles. The molecule has 4 heteroatoms. The molecule has 0 aliphatic carbocycles. The summed E-state index contributed by atoms with van der Waals surface area (Å²) in [5.41, 5.74) is 0. The number of hydrogen-bond donors (Lipinski definition) is 0. The topological polar surface area (TPSA) is 20.3 Å². The minimum absolute atomic E-state index is 0.182. The van der Waals surface area contributed by atoms with Crippen molar-refractivity contribution in [3.05, 3.63) is 0 Å². The van der Waals surface area contributed by atoms with E-state index in [0.717, 1.165) is 35.1 Å². The lowest BCUT2D eigenvalue weighted by Crippen LogP contribution is -2.47. The van der Waals surface area contributed by atoms with Crippen molar-refractivity contribution in [1.29, 1.82) is 0 Å². The summed E-state index contributed by atoms with van der Waals surface area (Å²) in [6, 6.07) is 0. The maximum atomic E-state index is 11.5. The van der Waals surface area contributed by atoms with Gasteiger partial charge in [0.05, 0.1) is 68.5 Å². The predicted octanol–water partition coefficient (Wildman–Crippen LogP) is 0.247. The van der Waals surface area contributed by atoms with E-state index < -0.39 is 0 Å². The van der Waals surface area contributed by atoms with Gasteiger partial charge >= 0.3 is 0 Å². The number of carbonyl (C=O) groups excluding carboxylic acids is 1. The molecule has 0 spiro atoms. The highest BCUT2D eigenvalue weighted by atomic mass is 16.2. The first-order valence-electron chi connectivity index (χ1n) is 5.88. The second kappa shape index (κ2) is 5.64. The summed E-state index contributed by atoms with van der Waals surface area (Å²) in [7, 11) is 12.9. The number of hydrogen-bond acceptors (Lipinski definition) is 1. The van der Waals surface area contributed by atoms with Crippen molar-refractivity contribution in [2.45, 2.75) is 6.92 Å². The van der Waals surface area contributed by atoms with Crippen LogP contribution in [0.3, 0.4) is 0 Å². The van der Waals surface area contributed by atoms with Gasteiger partial charge in [0.15, 0.2) is 0 Å². The average molecular weight is 231 g/mol. The molecule has 0 aliphatic heterocycles. The van der Waals surface area contributed by atoms with Crippen LogP contribution in [0, 0.1) is 0 Å². The van der Waals surface area contributed by atoms with Gasteiger partial charge in [-0.15, -0.1) is 0 Å². The summed E-state index contributed by atoms with van der Waals surface area (Å²) in [6.45, 7) is 5.34. The second-order valence-electron chi connectivity index (χ2n) is 6.53. The quantitative estimate of drug-likeness (QED) is 0.600. The van der Waals surface area contributed by atoms with Crippen LogP contribution < -0.4 is 0 Å². The van der Waals surface area contributed by atoms with E-state index in [1.807, 2.05) is 4.90 Å². The third-order valence-electron chi connectivity index (χ3n) is 2.53. The third-order valence-corrected chi connectivity index (χ3v) is 2.53. The van der Waals surface area contributed by atoms with Crippen molar-refractivity contribution in [1.82, 2.24) is 4.90 Å². The Morgan fingerprint density at radius 1 is 0.875 bits per heavy atom. The van der Waals surface area contributed by atoms with Crippen LogP contribution in [0.5, 0.6) is 0 Å². The molecule has 0 aromatic rings. The van der Waals surface area contributed by atoms with Crippen molar-refractivity contribution < 1.29 is 13.8 Å². The van der Waals surface area contributed by atoms with E-state index in [1.54, 1.807) is 6.92 Å². The van der Waals surface area contributed by atoms with Crippen LogP contribution in [-0.4, -0.2) is 88.2 Å². The fourth-order valence-corrected chi connectivity index (χ4v) is 1.27. The van der Waals surface area contributed by atoms with Crippen LogP contribution in [0.4, 0.5) is 0 Å². The van der Waals surface area contributed by atoms with Crippen LogP contribution in [0.25, 0.3) is 0 Å². The molecule has 0 saturated carbocycles. The zero-order valence-corrected chi connectivity index (χ0v) is 12.1. The number of rotatable bonds is 6. The first kappa shape index (κ1) is 15.4. The largest absolute Gasteiger partial charge is 0.332 e. The Hall–Kier alpha value is -0.610. The maximum Gasteiger partial charge on any atom is 0.219 e. The summed E-state index contributed by atoms with van der Waals surface area (Å²) < 4.78 is 1.79. The molecule has 0 unspecified atom stereocenters. The number of quaternary nitrogens is 2. The minimum Gasteiger partial charge on any atom is -0.332 e. The molecule has 96 valence electrons. The summed E-state index contributed by atoms with van der Waals surface area (Å²) in [4.78, 5) is 13.4. The first-order valence-corrected chi connectivity index (χ1v) is 5.88. The van der Waals surface area contributed by atoms with Crippen molar-refractivity contribution in [3.63, 3.8) is 0 Å². The van der Waals surface area contributed by atoms with Crippen LogP contribution in [0.15, 0.2) is 0 Å². The average Bonchev–Trinajstić information content (AvgIpc) is 1.98. The van der Waals surface area contributed by atoms with Gasteiger partial charge < -0.3 is 13.9 Å². The molecule has 0 atom stereocenters. The van der Waals surface area contributed by atoms with Gasteiger partial charge in [0, 0.05) is 6.92 Å². The molecule has 0 aromatic carbocycles. The highest BCUT2D eigenvalue weighted by molar-refractivity contribution is 5.73. The van der Waals surface area contributed by atoms with E-state index in [2.05, 4.69) is 42.3 Å². The molecule has 1 amide bonds. The summed E-state index contributed by atoms with van der Waals surface area (Å²) in [5, 5.41) is 0. The molecule has 0 N–H and O–H groups in total. The Morgan fingerprint density at radius 3 is 1.38 bits per heavy atom. The standard InChI is InChI=1S/C12H29N3O/c1-12(16)13(8-10-14(2,3)4)9-11-15(5,6)7/h8-11H2,1-7H3/q+2. The summed E-state index contributed by atoms with van der Waals surface area (Å²) >= 11 is 0. The van der Waals surface area contributed by atoms with E-state index >= 15 is 0 Å². The molecular formula is C12H29N3O+2. The molecule has 4 nitrogen and oxygen atoms in total. The van der Waals surface area contributed by atoms with E-state index in [0.29, 0.717) is 0 Å². The van der Waals surface area contributed by atoms with Crippen molar-refractivity contribution >= 4 is 5.91 Å². The van der Waals surface area contributed by atoms with Gasteiger partial charge in [0.1, 0.15) is 0 Å². The fourth-order valence-electron chi connectivity index (χ4n) is 1.27. The highest BCUT2D eigenvalue weighted by Gasteiger charge is 2.17. The number of amides is 1. The second-order valence-corrected chi connectivity index (χ2v) is 6.53. The van der Waals surface area contributed by atoms with E-state index in [4.69, 9.17) is 0 Å². The molecule has 0 aliphatic rings. The Morgan fingerprint density at radius 2 is 1.19 bits per heavy atom. The van der Waals surface area contributed by atoms with E-state index in [9.17, 15) is 4.79 Å². The van der Waals surface area contributed by atoms with E-state index in [-0.39, 0.29) is 5.91 Å². The van der Waals surface area contributed by atoms with Gasteiger partial charge in [-0.25, -0.2) is 0 Å². The molecule has 0 aromatic heterocycles. The molecule has 0 fully saturated rings.